The SMILES string of the molecule is CC(=O)Oc1cc(CO)c2c(c1)C(=O)c1c(CC3=CCN=C3)c(O[C@@H]3O[C@@H](C)[C@@H](O)[C@@H](O)[C@H]3O)c(C)c(O)c1C2=O. The fraction of sp³-hybridized carbons (Fsp3) is 0.379. The van der Waals surface area contributed by atoms with Gasteiger partial charge in [-0.2, -0.15) is 0 Å². The molecule has 0 spiro atoms. The quantitative estimate of drug-likeness (QED) is 0.207. The molecular weight excluding hydrogens is 538 g/mol. The molecule has 0 unspecified atom stereocenters. The summed E-state index contributed by atoms with van der Waals surface area (Å²) in [5, 5.41) is 52.3. The highest BCUT2D eigenvalue weighted by Crippen LogP contribution is 2.46. The Kier molecular flexibility index (Phi) is 7.53. The summed E-state index contributed by atoms with van der Waals surface area (Å²) in [6.45, 7) is 3.86. The number of allylic oxidation sites excluding steroid dienone is 1. The normalized spacial score (nSPS) is 25.0. The first-order chi connectivity index (χ1) is 19.4. The van der Waals surface area contributed by atoms with E-state index in [-0.39, 0.29) is 56.9 Å². The van der Waals surface area contributed by atoms with Crippen molar-refractivity contribution in [1.29, 1.82) is 0 Å². The van der Waals surface area contributed by atoms with E-state index >= 15 is 0 Å². The van der Waals surface area contributed by atoms with Crippen LogP contribution in [0.3, 0.4) is 0 Å². The molecule has 0 amide bonds. The number of fused-ring (bicyclic) bond motifs is 2. The van der Waals surface area contributed by atoms with E-state index in [2.05, 4.69) is 4.99 Å². The van der Waals surface area contributed by atoms with Crippen molar-refractivity contribution >= 4 is 23.8 Å². The summed E-state index contributed by atoms with van der Waals surface area (Å²) in [5.41, 5.74) is 0.229. The predicted octanol–water partition coefficient (Wildman–Crippen LogP) is 0.653. The summed E-state index contributed by atoms with van der Waals surface area (Å²) in [6, 6.07) is 2.51. The summed E-state index contributed by atoms with van der Waals surface area (Å²) < 4.78 is 16.8. The van der Waals surface area contributed by atoms with Gasteiger partial charge in [0.1, 0.15) is 35.6 Å². The van der Waals surface area contributed by atoms with Crippen molar-refractivity contribution in [2.24, 2.45) is 4.99 Å². The van der Waals surface area contributed by atoms with Gasteiger partial charge in [-0.15, -0.1) is 0 Å². The minimum absolute atomic E-state index is 0.0348. The lowest BCUT2D eigenvalue weighted by Gasteiger charge is -2.39. The Morgan fingerprint density at radius 2 is 1.80 bits per heavy atom. The minimum atomic E-state index is -1.68. The lowest BCUT2D eigenvalue weighted by Crippen LogP contribution is -2.58. The number of carbonyl (C=O) groups excluding carboxylic acids is 3. The molecule has 1 fully saturated rings. The molecule has 5 rings (SSSR count). The van der Waals surface area contributed by atoms with Gasteiger partial charge in [-0.1, -0.05) is 6.08 Å². The van der Waals surface area contributed by atoms with E-state index in [9.17, 15) is 39.9 Å². The zero-order chi connectivity index (χ0) is 29.7. The number of ketones is 2. The molecular formula is C29H29NO11. The smallest absolute Gasteiger partial charge is 0.308 e. The number of hydrogen-bond donors (Lipinski definition) is 5. The van der Waals surface area contributed by atoms with E-state index in [1.54, 1.807) is 12.3 Å². The average Bonchev–Trinajstić information content (AvgIpc) is 3.45. The molecule has 5 atom stereocenters. The lowest BCUT2D eigenvalue weighted by atomic mass is 9.77. The number of aliphatic imine (C=N–C) groups is 1. The number of phenols is 1. The number of ether oxygens (including phenoxy) is 3. The van der Waals surface area contributed by atoms with Gasteiger partial charge in [-0.25, -0.2) is 0 Å². The van der Waals surface area contributed by atoms with Gasteiger partial charge in [0.2, 0.25) is 6.29 Å². The van der Waals surface area contributed by atoms with Crippen LogP contribution in [0.5, 0.6) is 17.2 Å². The summed E-state index contributed by atoms with van der Waals surface area (Å²) >= 11 is 0. The van der Waals surface area contributed by atoms with Crippen LogP contribution in [-0.4, -0.2) is 86.5 Å². The van der Waals surface area contributed by atoms with Gasteiger partial charge in [0.15, 0.2) is 11.6 Å². The molecule has 2 aromatic carbocycles. The first-order valence-electron chi connectivity index (χ1n) is 12.9. The van der Waals surface area contributed by atoms with Crippen molar-refractivity contribution in [3.63, 3.8) is 0 Å². The number of rotatable bonds is 6. The van der Waals surface area contributed by atoms with Crippen LogP contribution in [0.4, 0.5) is 0 Å². The first-order valence-corrected chi connectivity index (χ1v) is 12.9. The Labute approximate surface area is 234 Å². The van der Waals surface area contributed by atoms with Gasteiger partial charge in [0, 0.05) is 47.4 Å². The largest absolute Gasteiger partial charge is 0.507 e. The molecule has 12 nitrogen and oxygen atoms in total. The van der Waals surface area contributed by atoms with Crippen LogP contribution in [0.1, 0.15) is 62.4 Å². The highest BCUT2D eigenvalue weighted by Gasteiger charge is 2.45. The molecule has 3 aliphatic rings. The minimum Gasteiger partial charge on any atom is -0.507 e. The maximum atomic E-state index is 14.1. The van der Waals surface area contributed by atoms with E-state index in [4.69, 9.17) is 14.2 Å². The van der Waals surface area contributed by atoms with Gasteiger partial charge < -0.3 is 39.7 Å². The van der Waals surface area contributed by atoms with Crippen molar-refractivity contribution in [1.82, 2.24) is 0 Å². The molecule has 0 aromatic heterocycles. The molecule has 0 bridgehead atoms. The fourth-order valence-corrected chi connectivity index (χ4v) is 5.37. The number of benzene rings is 2. The van der Waals surface area contributed by atoms with Crippen molar-refractivity contribution in [3.05, 3.63) is 62.7 Å². The molecule has 12 heteroatoms. The zero-order valence-electron chi connectivity index (χ0n) is 22.5. The van der Waals surface area contributed by atoms with Crippen LogP contribution in [0.2, 0.25) is 0 Å². The molecule has 5 N–H and O–H groups in total. The number of phenolic OH excluding ortho intramolecular Hbond substituents is 1. The highest BCUT2D eigenvalue weighted by atomic mass is 16.7. The number of aliphatic hydroxyl groups is 4. The topological polar surface area (TPSA) is 192 Å². The van der Waals surface area contributed by atoms with Crippen molar-refractivity contribution in [2.75, 3.05) is 6.54 Å². The van der Waals surface area contributed by atoms with Crippen LogP contribution >= 0.6 is 0 Å². The summed E-state index contributed by atoms with van der Waals surface area (Å²) in [6.07, 6.45) is -3.66. The van der Waals surface area contributed by atoms with E-state index < -0.39 is 60.6 Å². The van der Waals surface area contributed by atoms with Gasteiger partial charge in [-0.05, 0) is 37.1 Å². The van der Waals surface area contributed by atoms with Gasteiger partial charge >= 0.3 is 5.97 Å². The second-order valence-electron chi connectivity index (χ2n) is 10.2. The summed E-state index contributed by atoms with van der Waals surface area (Å²) in [5.74, 6) is -2.76. The fourth-order valence-electron chi connectivity index (χ4n) is 5.37. The third-order valence-corrected chi connectivity index (χ3v) is 7.45. The summed E-state index contributed by atoms with van der Waals surface area (Å²) in [4.78, 5) is 43.8. The highest BCUT2D eigenvalue weighted by molar-refractivity contribution is 6.31. The molecule has 2 aromatic rings. The molecule has 0 saturated carbocycles. The number of carbonyl (C=O) groups is 3. The average molecular weight is 568 g/mol. The van der Waals surface area contributed by atoms with Crippen LogP contribution in [0.25, 0.3) is 0 Å². The molecule has 2 heterocycles. The van der Waals surface area contributed by atoms with E-state index in [1.165, 1.54) is 26.0 Å². The van der Waals surface area contributed by atoms with Gasteiger partial charge in [-0.3, -0.25) is 19.4 Å². The Balaban J connectivity index is 1.72. The monoisotopic (exact) mass is 567 g/mol. The molecule has 216 valence electrons. The molecule has 41 heavy (non-hydrogen) atoms. The molecule has 1 aliphatic carbocycles. The van der Waals surface area contributed by atoms with Crippen LogP contribution in [0.15, 0.2) is 28.8 Å². The molecule has 0 radical (unpaired) electrons. The second-order valence-corrected chi connectivity index (χ2v) is 10.2. The Bertz CT molecular complexity index is 1530. The van der Waals surface area contributed by atoms with Crippen molar-refractivity contribution < 1.29 is 54.1 Å². The maximum Gasteiger partial charge on any atom is 0.308 e. The maximum absolute atomic E-state index is 14.1. The standard InChI is InChI=1S/C29H29NO11/c1-11-22(33)21-20(24(35)17-8-16(40-13(3)32)7-15(10-31)19(17)25(21)36)18(6-14-4-5-30-9-14)28(11)41-29-27(38)26(37)23(34)12(2)39-29/h4,7-9,12,23,26-27,29,31,33-34,37-38H,5-6,10H2,1-3H3/t12-,23+,26+,27+,29-/m0/s1. The third kappa shape index (κ3) is 4.83. The van der Waals surface area contributed by atoms with Crippen molar-refractivity contribution in [3.8, 4) is 17.2 Å². The van der Waals surface area contributed by atoms with Gasteiger partial charge in [0.05, 0.1) is 24.8 Å². The third-order valence-electron chi connectivity index (χ3n) is 7.45. The summed E-state index contributed by atoms with van der Waals surface area (Å²) in [7, 11) is 0. The van der Waals surface area contributed by atoms with E-state index in [0.29, 0.717) is 12.1 Å². The molecule has 2 aliphatic heterocycles. The molecule has 1 saturated heterocycles. The number of aliphatic hydroxyl groups excluding tert-OH is 4. The first kappa shape index (κ1) is 28.6. The Hall–Kier alpha value is -3.94. The van der Waals surface area contributed by atoms with Crippen LogP contribution < -0.4 is 9.47 Å². The predicted molar refractivity (Wildman–Crippen MR) is 142 cm³/mol. The number of hydrogen-bond acceptors (Lipinski definition) is 12. The zero-order valence-corrected chi connectivity index (χ0v) is 22.5. The Morgan fingerprint density at radius 1 is 1.07 bits per heavy atom. The van der Waals surface area contributed by atoms with Crippen LogP contribution in [0, 0.1) is 6.92 Å². The van der Waals surface area contributed by atoms with Crippen molar-refractivity contribution in [2.45, 2.75) is 64.5 Å². The number of nitrogens with zero attached hydrogens (tertiary/aromatic N) is 1. The van der Waals surface area contributed by atoms with Crippen LogP contribution in [-0.2, 0) is 22.6 Å². The van der Waals surface area contributed by atoms with E-state index in [0.717, 1.165) is 6.92 Å². The number of aromatic hydroxyl groups is 1. The Morgan fingerprint density at radius 3 is 2.44 bits per heavy atom. The number of esters is 1. The second kappa shape index (κ2) is 10.8. The van der Waals surface area contributed by atoms with Gasteiger partial charge in [0.25, 0.3) is 0 Å². The van der Waals surface area contributed by atoms with E-state index in [1.807, 2.05) is 0 Å². The lowest BCUT2D eigenvalue weighted by molar-refractivity contribution is -0.268.